The van der Waals surface area contributed by atoms with Crippen LogP contribution in [0.15, 0.2) is 30.9 Å². The first-order valence-corrected chi connectivity index (χ1v) is 6.58. The molecule has 0 spiro atoms. The van der Waals surface area contributed by atoms with E-state index in [1.807, 2.05) is 0 Å². The summed E-state index contributed by atoms with van der Waals surface area (Å²) in [6.45, 7) is 1.38. The van der Waals surface area contributed by atoms with Gasteiger partial charge in [0.2, 0.25) is 0 Å². The highest BCUT2D eigenvalue weighted by atomic mass is 19.1. The molecule has 2 aromatic rings. The van der Waals surface area contributed by atoms with Crippen LogP contribution >= 0.6 is 0 Å². The zero-order valence-electron chi connectivity index (χ0n) is 12.2. The van der Waals surface area contributed by atoms with Crippen molar-refractivity contribution in [1.82, 2.24) is 14.8 Å². The zero-order valence-corrected chi connectivity index (χ0v) is 12.2. The van der Waals surface area contributed by atoms with Crippen LogP contribution in [0.5, 0.6) is 0 Å². The molecule has 0 aliphatic rings. The highest BCUT2D eigenvalue weighted by Crippen LogP contribution is 2.31. The normalized spacial score (nSPS) is 15.5. The van der Waals surface area contributed by atoms with Gasteiger partial charge in [0.1, 0.15) is 36.7 Å². The van der Waals surface area contributed by atoms with Crippen molar-refractivity contribution in [3.8, 4) is 0 Å². The molecule has 0 radical (unpaired) electrons. The fraction of sp³-hybridized carbons (Fsp3) is 0.429. The second-order valence-electron chi connectivity index (χ2n) is 4.86. The van der Waals surface area contributed by atoms with Crippen LogP contribution in [-0.2, 0) is 21.6 Å². The molecule has 22 heavy (non-hydrogen) atoms. The third-order valence-corrected chi connectivity index (χ3v) is 3.38. The Bertz CT molecular complexity index is 609. The van der Waals surface area contributed by atoms with E-state index in [2.05, 4.69) is 10.1 Å². The van der Waals surface area contributed by atoms with Gasteiger partial charge in [0.25, 0.3) is 0 Å². The minimum Gasteiger partial charge on any atom is -0.380 e. The second kappa shape index (κ2) is 6.91. The SMILES string of the molecule is COCO[C@@H](C)[C@@](O)(Cn1cncn1)c1ccc(F)cc1F. The number of benzene rings is 1. The average molecular weight is 313 g/mol. The molecule has 0 bridgehead atoms. The van der Waals surface area contributed by atoms with Crippen LogP contribution < -0.4 is 0 Å². The number of halogens is 2. The summed E-state index contributed by atoms with van der Waals surface area (Å²) in [4.78, 5) is 3.78. The number of rotatable bonds is 7. The van der Waals surface area contributed by atoms with Gasteiger partial charge >= 0.3 is 0 Å². The number of hydrogen-bond acceptors (Lipinski definition) is 5. The van der Waals surface area contributed by atoms with Gasteiger partial charge in [0.15, 0.2) is 0 Å². The fourth-order valence-electron chi connectivity index (χ4n) is 2.14. The van der Waals surface area contributed by atoms with Crippen molar-refractivity contribution >= 4 is 0 Å². The third-order valence-electron chi connectivity index (χ3n) is 3.38. The summed E-state index contributed by atoms with van der Waals surface area (Å²) in [5.41, 5.74) is -1.86. The minimum absolute atomic E-state index is 0.0797. The van der Waals surface area contributed by atoms with Crippen molar-refractivity contribution in [1.29, 1.82) is 0 Å². The Kier molecular flexibility index (Phi) is 5.17. The molecule has 2 rings (SSSR count). The van der Waals surface area contributed by atoms with Crippen LogP contribution in [0.3, 0.4) is 0 Å². The van der Waals surface area contributed by atoms with Crippen molar-refractivity contribution < 1.29 is 23.4 Å². The van der Waals surface area contributed by atoms with Crippen LogP contribution in [-0.4, -0.2) is 39.9 Å². The smallest absolute Gasteiger partial charge is 0.146 e. The van der Waals surface area contributed by atoms with E-state index in [0.717, 1.165) is 6.07 Å². The number of aromatic nitrogens is 3. The van der Waals surface area contributed by atoms with Crippen molar-refractivity contribution in [2.75, 3.05) is 13.9 Å². The summed E-state index contributed by atoms with van der Waals surface area (Å²) >= 11 is 0. The van der Waals surface area contributed by atoms with Gasteiger partial charge < -0.3 is 14.6 Å². The van der Waals surface area contributed by atoms with E-state index in [4.69, 9.17) is 9.47 Å². The Morgan fingerprint density at radius 2 is 2.18 bits per heavy atom. The quantitative estimate of drug-likeness (QED) is 0.784. The van der Waals surface area contributed by atoms with Gasteiger partial charge in [-0.1, -0.05) is 6.07 Å². The molecule has 0 fully saturated rings. The molecule has 0 saturated heterocycles. The molecule has 0 unspecified atom stereocenters. The summed E-state index contributed by atoms with van der Waals surface area (Å²) in [7, 11) is 1.43. The van der Waals surface area contributed by atoms with E-state index < -0.39 is 23.3 Å². The molecule has 1 aromatic carbocycles. The van der Waals surface area contributed by atoms with E-state index >= 15 is 0 Å². The maximum absolute atomic E-state index is 14.1. The van der Waals surface area contributed by atoms with Crippen LogP contribution in [0, 0.1) is 11.6 Å². The Morgan fingerprint density at radius 3 is 2.77 bits per heavy atom. The molecule has 1 heterocycles. The van der Waals surface area contributed by atoms with E-state index in [1.54, 1.807) is 6.92 Å². The number of methoxy groups -OCH3 is 1. The average Bonchev–Trinajstić information content (AvgIpc) is 2.97. The summed E-state index contributed by atoms with van der Waals surface area (Å²) in [6.07, 6.45) is 1.84. The van der Waals surface area contributed by atoms with Crippen molar-refractivity contribution in [3.63, 3.8) is 0 Å². The van der Waals surface area contributed by atoms with Crippen LogP contribution in [0.1, 0.15) is 12.5 Å². The van der Waals surface area contributed by atoms with Gasteiger partial charge in [0.05, 0.1) is 12.6 Å². The highest BCUT2D eigenvalue weighted by molar-refractivity contribution is 5.26. The first-order valence-electron chi connectivity index (χ1n) is 6.58. The topological polar surface area (TPSA) is 69.4 Å². The zero-order chi connectivity index (χ0) is 16.2. The highest BCUT2D eigenvalue weighted by Gasteiger charge is 2.40. The standard InChI is InChI=1S/C14H17F2N3O3/c1-10(22-9-21-2)14(20,6-19-8-17-7-18-19)12-4-3-11(15)5-13(12)16/h3-5,7-8,10,20H,6,9H2,1-2H3/t10-,14-/m0/s1. The molecule has 1 N–H and O–H groups in total. The van der Waals surface area contributed by atoms with Crippen LogP contribution in [0.25, 0.3) is 0 Å². The first-order chi connectivity index (χ1) is 10.5. The maximum atomic E-state index is 14.1. The molecule has 0 saturated carbocycles. The Labute approximate surface area is 126 Å². The van der Waals surface area contributed by atoms with Gasteiger partial charge in [-0.05, 0) is 13.0 Å². The summed E-state index contributed by atoms with van der Waals surface area (Å²) < 4.78 is 38.7. The molecule has 0 aliphatic heterocycles. The lowest BCUT2D eigenvalue weighted by Crippen LogP contribution is -2.44. The van der Waals surface area contributed by atoms with E-state index in [-0.39, 0.29) is 18.9 Å². The van der Waals surface area contributed by atoms with Crippen LogP contribution in [0.2, 0.25) is 0 Å². The predicted octanol–water partition coefficient (Wildman–Crippen LogP) is 1.45. The summed E-state index contributed by atoms with van der Waals surface area (Å²) in [6, 6.07) is 2.98. The Balaban J connectivity index is 2.39. The van der Waals surface area contributed by atoms with Gasteiger partial charge in [-0.2, -0.15) is 5.10 Å². The molecule has 120 valence electrons. The molecule has 8 heteroatoms. The predicted molar refractivity (Wildman–Crippen MR) is 72.7 cm³/mol. The summed E-state index contributed by atoms with van der Waals surface area (Å²) in [5, 5.41) is 14.9. The molecule has 0 aliphatic carbocycles. The number of aliphatic hydroxyl groups is 1. The third kappa shape index (κ3) is 3.46. The largest absolute Gasteiger partial charge is 0.380 e. The minimum atomic E-state index is -1.77. The van der Waals surface area contributed by atoms with Gasteiger partial charge in [-0.15, -0.1) is 0 Å². The lowest BCUT2D eigenvalue weighted by molar-refractivity contribution is -0.160. The second-order valence-corrected chi connectivity index (χ2v) is 4.86. The van der Waals surface area contributed by atoms with Gasteiger partial charge in [-0.25, -0.2) is 18.4 Å². The lowest BCUT2D eigenvalue weighted by atomic mass is 9.88. The number of ether oxygens (including phenoxy) is 2. The van der Waals surface area contributed by atoms with Crippen LogP contribution in [0.4, 0.5) is 8.78 Å². The van der Waals surface area contributed by atoms with E-state index in [1.165, 1.54) is 30.5 Å². The van der Waals surface area contributed by atoms with E-state index in [0.29, 0.717) is 6.07 Å². The molecule has 0 amide bonds. The van der Waals surface area contributed by atoms with Crippen molar-refractivity contribution in [2.24, 2.45) is 0 Å². The molecular weight excluding hydrogens is 296 g/mol. The van der Waals surface area contributed by atoms with Gasteiger partial charge in [-0.3, -0.25) is 0 Å². The van der Waals surface area contributed by atoms with Crippen molar-refractivity contribution in [2.45, 2.75) is 25.2 Å². The van der Waals surface area contributed by atoms with Crippen molar-refractivity contribution in [3.05, 3.63) is 48.1 Å². The first kappa shape index (κ1) is 16.5. The Morgan fingerprint density at radius 1 is 1.41 bits per heavy atom. The Hall–Kier alpha value is -1.90. The monoisotopic (exact) mass is 313 g/mol. The van der Waals surface area contributed by atoms with Gasteiger partial charge in [0, 0.05) is 18.7 Å². The molecule has 1 aromatic heterocycles. The van der Waals surface area contributed by atoms with E-state index in [9.17, 15) is 13.9 Å². The maximum Gasteiger partial charge on any atom is 0.146 e. The lowest BCUT2D eigenvalue weighted by Gasteiger charge is -2.34. The molecular formula is C14H17F2N3O3. The molecule has 6 nitrogen and oxygen atoms in total. The number of hydrogen-bond donors (Lipinski definition) is 1. The fourth-order valence-corrected chi connectivity index (χ4v) is 2.14. The number of nitrogens with zero attached hydrogens (tertiary/aromatic N) is 3. The molecule has 2 atom stereocenters. The summed E-state index contributed by atoms with van der Waals surface area (Å²) in [5.74, 6) is -1.59.